The summed E-state index contributed by atoms with van der Waals surface area (Å²) in [7, 11) is 0. The van der Waals surface area contributed by atoms with Crippen molar-refractivity contribution in [2.24, 2.45) is 0 Å². The number of rotatable bonds is 2. The molecule has 0 atom stereocenters. The second kappa shape index (κ2) is 3.14. The second-order valence-electron chi connectivity index (χ2n) is 1.84. The SMILES string of the molecule is [O-][n+]1ccc(COO)cc1. The highest BCUT2D eigenvalue weighted by atomic mass is 17.1. The van der Waals surface area contributed by atoms with Crippen LogP contribution < -0.4 is 4.73 Å². The average molecular weight is 141 g/mol. The lowest BCUT2D eigenvalue weighted by molar-refractivity contribution is -0.605. The lowest BCUT2D eigenvalue weighted by Gasteiger charge is -1.96. The van der Waals surface area contributed by atoms with E-state index in [0.29, 0.717) is 4.73 Å². The highest BCUT2D eigenvalue weighted by Crippen LogP contribution is 1.95. The molecule has 0 bridgehead atoms. The van der Waals surface area contributed by atoms with Crippen molar-refractivity contribution in [1.29, 1.82) is 0 Å². The zero-order valence-electron chi connectivity index (χ0n) is 5.23. The molecule has 0 spiro atoms. The van der Waals surface area contributed by atoms with Gasteiger partial charge in [-0.3, -0.25) is 5.26 Å². The van der Waals surface area contributed by atoms with Crippen molar-refractivity contribution in [3.8, 4) is 0 Å². The first-order valence-electron chi connectivity index (χ1n) is 2.77. The fourth-order valence-corrected chi connectivity index (χ4v) is 0.614. The molecule has 0 aromatic carbocycles. The van der Waals surface area contributed by atoms with Crippen LogP contribution in [0.4, 0.5) is 0 Å². The summed E-state index contributed by atoms with van der Waals surface area (Å²) in [4.78, 5) is 3.86. The van der Waals surface area contributed by atoms with Crippen LogP contribution in [0, 0.1) is 5.21 Å². The molecule has 0 radical (unpaired) electrons. The van der Waals surface area contributed by atoms with E-state index < -0.39 is 0 Å². The number of pyridine rings is 1. The van der Waals surface area contributed by atoms with E-state index in [1.165, 1.54) is 12.4 Å². The number of hydrogen-bond acceptors (Lipinski definition) is 3. The van der Waals surface area contributed by atoms with Gasteiger partial charge < -0.3 is 5.21 Å². The molecule has 1 aromatic heterocycles. The average Bonchev–Trinajstić information content (AvgIpc) is 1.95. The summed E-state index contributed by atoms with van der Waals surface area (Å²) in [6, 6.07) is 3.15. The molecule has 1 aromatic rings. The minimum atomic E-state index is 0.112. The molecule has 4 nitrogen and oxygen atoms in total. The van der Waals surface area contributed by atoms with Crippen LogP contribution >= 0.6 is 0 Å². The molecule has 4 heteroatoms. The highest BCUT2D eigenvalue weighted by molar-refractivity contribution is 5.05. The zero-order chi connectivity index (χ0) is 7.40. The van der Waals surface area contributed by atoms with Gasteiger partial charge in [-0.15, -0.1) is 0 Å². The summed E-state index contributed by atoms with van der Waals surface area (Å²) in [5.74, 6) is 0. The second-order valence-corrected chi connectivity index (χ2v) is 1.84. The Morgan fingerprint density at radius 2 is 2.10 bits per heavy atom. The summed E-state index contributed by atoms with van der Waals surface area (Å²) < 4.78 is 0.668. The lowest BCUT2D eigenvalue weighted by atomic mass is 10.3. The standard InChI is InChI=1S/C6H7NO3/c8-7-3-1-6(2-4-7)5-10-9/h1-4,9H,5H2. The summed E-state index contributed by atoms with van der Waals surface area (Å²) in [6.07, 6.45) is 2.68. The maximum Gasteiger partial charge on any atom is 0.180 e. The van der Waals surface area contributed by atoms with Crippen LogP contribution in [-0.4, -0.2) is 5.26 Å². The van der Waals surface area contributed by atoms with E-state index in [1.54, 1.807) is 12.1 Å². The van der Waals surface area contributed by atoms with Gasteiger partial charge in [0.2, 0.25) is 0 Å². The summed E-state index contributed by atoms with van der Waals surface area (Å²) in [6.45, 7) is 0.112. The molecule has 0 aliphatic rings. The minimum Gasteiger partial charge on any atom is -0.619 e. The monoisotopic (exact) mass is 141 g/mol. The molecular formula is C6H7NO3. The molecular weight excluding hydrogens is 134 g/mol. The van der Waals surface area contributed by atoms with Crippen molar-refractivity contribution < 1.29 is 14.9 Å². The smallest absolute Gasteiger partial charge is 0.180 e. The van der Waals surface area contributed by atoms with Crippen LogP contribution in [0.5, 0.6) is 0 Å². The largest absolute Gasteiger partial charge is 0.619 e. The van der Waals surface area contributed by atoms with Crippen molar-refractivity contribution in [2.45, 2.75) is 6.61 Å². The molecule has 10 heavy (non-hydrogen) atoms. The van der Waals surface area contributed by atoms with E-state index in [1.807, 2.05) is 0 Å². The first kappa shape index (κ1) is 6.98. The molecule has 0 amide bonds. The van der Waals surface area contributed by atoms with Crippen molar-refractivity contribution in [2.75, 3.05) is 0 Å². The Morgan fingerprint density at radius 3 is 2.60 bits per heavy atom. The molecule has 0 aliphatic carbocycles. The topological polar surface area (TPSA) is 56.4 Å². The molecule has 0 fully saturated rings. The lowest BCUT2D eigenvalue weighted by Crippen LogP contribution is -2.23. The predicted molar refractivity (Wildman–Crippen MR) is 32.8 cm³/mol. The Morgan fingerprint density at radius 1 is 1.50 bits per heavy atom. The molecule has 1 heterocycles. The third kappa shape index (κ3) is 1.68. The van der Waals surface area contributed by atoms with Gasteiger partial charge in [0, 0.05) is 12.1 Å². The molecule has 1 rings (SSSR count). The van der Waals surface area contributed by atoms with E-state index >= 15 is 0 Å². The summed E-state index contributed by atoms with van der Waals surface area (Å²) in [5.41, 5.74) is 0.759. The van der Waals surface area contributed by atoms with Crippen LogP contribution in [0.2, 0.25) is 0 Å². The Labute approximate surface area is 57.8 Å². The Kier molecular flexibility index (Phi) is 2.20. The molecule has 1 N–H and O–H groups in total. The Bertz CT molecular complexity index is 197. The van der Waals surface area contributed by atoms with E-state index in [0.717, 1.165) is 5.56 Å². The Hall–Kier alpha value is -1.13. The number of hydrogen-bond donors (Lipinski definition) is 1. The van der Waals surface area contributed by atoms with Crippen LogP contribution in [0.3, 0.4) is 0 Å². The maximum atomic E-state index is 10.4. The number of nitrogens with zero attached hydrogens (tertiary/aromatic N) is 1. The molecule has 0 aliphatic heterocycles. The molecule has 54 valence electrons. The highest BCUT2D eigenvalue weighted by Gasteiger charge is 1.92. The van der Waals surface area contributed by atoms with Crippen LogP contribution in [0.1, 0.15) is 5.56 Å². The minimum absolute atomic E-state index is 0.112. The zero-order valence-corrected chi connectivity index (χ0v) is 5.23. The van der Waals surface area contributed by atoms with E-state index in [-0.39, 0.29) is 6.61 Å². The summed E-state index contributed by atoms with van der Waals surface area (Å²) >= 11 is 0. The van der Waals surface area contributed by atoms with E-state index in [2.05, 4.69) is 4.89 Å². The van der Waals surface area contributed by atoms with Crippen molar-refractivity contribution in [3.05, 3.63) is 35.3 Å². The number of aromatic nitrogens is 1. The summed E-state index contributed by atoms with van der Waals surface area (Å²) in [5, 5.41) is 18.4. The van der Waals surface area contributed by atoms with Crippen LogP contribution in [-0.2, 0) is 11.5 Å². The van der Waals surface area contributed by atoms with Crippen molar-refractivity contribution in [3.63, 3.8) is 0 Å². The third-order valence-electron chi connectivity index (χ3n) is 1.10. The van der Waals surface area contributed by atoms with Gasteiger partial charge >= 0.3 is 0 Å². The first-order chi connectivity index (χ1) is 4.83. The van der Waals surface area contributed by atoms with Crippen LogP contribution in [0.25, 0.3) is 0 Å². The maximum absolute atomic E-state index is 10.4. The Balaban J connectivity index is 2.69. The quantitative estimate of drug-likeness (QED) is 0.279. The van der Waals surface area contributed by atoms with Gasteiger partial charge in [-0.25, -0.2) is 4.89 Å². The van der Waals surface area contributed by atoms with Gasteiger partial charge in [-0.1, -0.05) is 0 Å². The molecule has 0 saturated carbocycles. The van der Waals surface area contributed by atoms with Crippen molar-refractivity contribution in [1.82, 2.24) is 0 Å². The van der Waals surface area contributed by atoms with Gasteiger partial charge in [-0.2, -0.15) is 4.73 Å². The normalized spacial score (nSPS) is 9.70. The van der Waals surface area contributed by atoms with Gasteiger partial charge in [0.15, 0.2) is 12.4 Å². The van der Waals surface area contributed by atoms with Gasteiger partial charge in [0.1, 0.15) is 6.61 Å². The van der Waals surface area contributed by atoms with Gasteiger partial charge in [-0.05, 0) is 5.56 Å². The fourth-order valence-electron chi connectivity index (χ4n) is 0.614. The first-order valence-corrected chi connectivity index (χ1v) is 2.77. The van der Waals surface area contributed by atoms with Crippen molar-refractivity contribution >= 4 is 0 Å². The third-order valence-corrected chi connectivity index (χ3v) is 1.10. The van der Waals surface area contributed by atoms with Crippen LogP contribution in [0.15, 0.2) is 24.5 Å². The van der Waals surface area contributed by atoms with Gasteiger partial charge in [0.25, 0.3) is 0 Å². The van der Waals surface area contributed by atoms with E-state index in [9.17, 15) is 5.21 Å². The molecule has 0 unspecified atom stereocenters. The molecule has 0 saturated heterocycles. The predicted octanol–water partition coefficient (Wildman–Crippen LogP) is 0.310. The van der Waals surface area contributed by atoms with E-state index in [4.69, 9.17) is 5.26 Å². The fraction of sp³-hybridized carbons (Fsp3) is 0.167. The van der Waals surface area contributed by atoms with Gasteiger partial charge in [0.05, 0.1) is 0 Å².